The molecule has 6 aromatic rings. The minimum Gasteiger partial charge on any atom is -0.198 e. The molecule has 8 atom stereocenters. The second-order valence-corrected chi connectivity index (χ2v) is 22.4. The second-order valence-electron chi connectivity index (χ2n) is 22.4. The SMILES string of the molecule is C1=CC2CCC1c1cc3c(cc12)C1=[N+]2C3=Cc3c4cc5c(cc4c4n3C23n2c(c6cc7c(cc6c2=CC2=[N+]3C(=C4)c3cc4c(cc32)C2C=CC4CC2)C2C=CC7CC2)=C1)C1C=CC5CC1. The molecule has 6 aliphatic heterocycles. The van der Waals surface area contributed by atoms with Gasteiger partial charge in [-0.3, -0.25) is 0 Å². The number of hydrogen-bond acceptors (Lipinski definition) is 0. The van der Waals surface area contributed by atoms with Crippen molar-refractivity contribution in [2.75, 3.05) is 0 Å². The van der Waals surface area contributed by atoms with Crippen molar-refractivity contribution in [3.8, 4) is 0 Å². The normalized spacial score (nSPS) is 32.6. The molecule has 306 valence electrons. The number of allylic oxidation sites excluding steroid dienone is 8. The van der Waals surface area contributed by atoms with E-state index < -0.39 is 5.91 Å². The summed E-state index contributed by atoms with van der Waals surface area (Å²) in [6.07, 6.45) is 40.9. The van der Waals surface area contributed by atoms with Crippen molar-refractivity contribution >= 4 is 68.7 Å². The van der Waals surface area contributed by atoms with E-state index in [1.807, 2.05) is 0 Å². The Morgan fingerprint density at radius 1 is 0.338 bits per heavy atom. The first-order chi connectivity index (χ1) is 32.2. The molecule has 4 aromatic carbocycles. The van der Waals surface area contributed by atoms with Gasteiger partial charge < -0.3 is 0 Å². The molecule has 24 rings (SSSR count). The van der Waals surface area contributed by atoms with Crippen LogP contribution < -0.4 is 10.7 Å². The second kappa shape index (κ2) is 9.99. The minimum absolute atomic E-state index is 0.512. The molecular formula is C61H44N4+2. The van der Waals surface area contributed by atoms with E-state index in [0.717, 1.165) is 0 Å². The third-order valence-electron chi connectivity index (χ3n) is 20.0. The first kappa shape index (κ1) is 32.2. The van der Waals surface area contributed by atoms with Gasteiger partial charge in [0.05, 0.1) is 44.3 Å². The van der Waals surface area contributed by atoms with Gasteiger partial charge in [-0.15, -0.1) is 0 Å². The van der Waals surface area contributed by atoms with E-state index in [9.17, 15) is 0 Å². The molecule has 8 heterocycles. The molecule has 4 heteroatoms. The van der Waals surface area contributed by atoms with Crippen molar-refractivity contribution in [3.63, 3.8) is 0 Å². The van der Waals surface area contributed by atoms with E-state index in [0.29, 0.717) is 47.3 Å². The molecule has 18 aliphatic rings. The summed E-state index contributed by atoms with van der Waals surface area (Å²) >= 11 is 0. The Labute approximate surface area is 375 Å². The maximum atomic E-state index is 2.86. The highest BCUT2D eigenvalue weighted by atomic mass is 15.6. The highest BCUT2D eigenvalue weighted by Crippen LogP contribution is 2.58. The Hall–Kier alpha value is -6.52. The van der Waals surface area contributed by atoms with Gasteiger partial charge in [-0.25, -0.2) is 0 Å². The maximum absolute atomic E-state index is 2.86. The van der Waals surface area contributed by atoms with Gasteiger partial charge in [-0.05, 0) is 144 Å². The molecule has 0 fully saturated rings. The van der Waals surface area contributed by atoms with Gasteiger partial charge >= 0.3 is 5.91 Å². The summed E-state index contributed by atoms with van der Waals surface area (Å²) in [6, 6.07) is 21.4. The molecule has 2 aromatic heterocycles. The predicted octanol–water partition coefficient (Wildman–Crippen LogP) is 11.1. The highest BCUT2D eigenvalue weighted by molar-refractivity contribution is 6.27. The van der Waals surface area contributed by atoms with Gasteiger partial charge in [0, 0.05) is 93.2 Å². The Bertz CT molecular complexity index is 3760. The van der Waals surface area contributed by atoms with Crippen LogP contribution in [0.5, 0.6) is 0 Å². The minimum atomic E-state index is -0.737. The Balaban J connectivity index is 1.00. The van der Waals surface area contributed by atoms with Crippen LogP contribution in [-0.4, -0.2) is 29.7 Å². The fourth-order valence-corrected chi connectivity index (χ4v) is 17.2. The van der Waals surface area contributed by atoms with Crippen molar-refractivity contribution in [1.82, 2.24) is 9.13 Å². The van der Waals surface area contributed by atoms with E-state index in [1.165, 1.54) is 140 Å². The summed E-state index contributed by atoms with van der Waals surface area (Å²) in [7, 11) is 0. The van der Waals surface area contributed by atoms with Gasteiger partial charge in [0.25, 0.3) is 0 Å². The fraction of sp³-hybridized carbons (Fsp3) is 0.279. The average molecular weight is 833 g/mol. The maximum Gasteiger partial charge on any atom is 0.553 e. The zero-order valence-electron chi connectivity index (χ0n) is 36.1. The third-order valence-corrected chi connectivity index (χ3v) is 20.0. The van der Waals surface area contributed by atoms with Gasteiger partial charge in [-0.1, -0.05) is 57.8 Å². The monoisotopic (exact) mass is 832 g/mol. The molecule has 8 unspecified atom stereocenters. The smallest absolute Gasteiger partial charge is 0.198 e. The number of nitrogens with zero attached hydrogens (tertiary/aromatic N) is 4. The van der Waals surface area contributed by atoms with E-state index in [4.69, 9.17) is 0 Å². The lowest BCUT2D eigenvalue weighted by Gasteiger charge is -2.37. The standard InChI is InChI=1S/C61H44N4/c1-2-30-4-3-29(1)37-17-45-46(18-38(30)37)54-26-56-49-21-41-33-9-11-34(12-10-33)42(41)22-50(49)58-28-60-52-24-44-36-15-13-35(14-16-36)43(44)23-51(52)59-27-57-48-20-40-32-7-5-31(6-8-32)39(40)19-47(48)55-25-53(45)62(54)61(63(55)57,64(56)58)65(59)60/h1-2,5,7,9,11,13,15,17-36H,3-4,6,8,10,12,14,16H2/q+2. The first-order valence-corrected chi connectivity index (χ1v) is 25.2. The highest BCUT2D eigenvalue weighted by Gasteiger charge is 2.73. The van der Waals surface area contributed by atoms with Gasteiger partial charge in [0.2, 0.25) is 22.8 Å². The molecule has 0 saturated heterocycles. The zero-order chi connectivity index (χ0) is 41.1. The summed E-state index contributed by atoms with van der Waals surface area (Å²) < 4.78 is 11.4. The third kappa shape index (κ3) is 3.25. The number of rotatable bonds is 0. The molecule has 0 radical (unpaired) electrons. The van der Waals surface area contributed by atoms with Gasteiger partial charge in [0.15, 0.2) is 0 Å². The Morgan fingerprint density at radius 2 is 0.646 bits per heavy atom. The summed E-state index contributed by atoms with van der Waals surface area (Å²) in [5.41, 5.74) is 26.5. The van der Waals surface area contributed by atoms with E-state index in [1.54, 1.807) is 44.5 Å². The van der Waals surface area contributed by atoms with Crippen LogP contribution in [0.15, 0.2) is 97.1 Å². The summed E-state index contributed by atoms with van der Waals surface area (Å²) in [5, 5.41) is 8.43. The van der Waals surface area contributed by atoms with Crippen LogP contribution in [0.3, 0.4) is 0 Å². The van der Waals surface area contributed by atoms with Crippen LogP contribution >= 0.6 is 0 Å². The fourth-order valence-electron chi connectivity index (χ4n) is 17.2. The van der Waals surface area contributed by atoms with E-state index in [-0.39, 0.29) is 0 Å². The van der Waals surface area contributed by atoms with E-state index >= 15 is 0 Å². The molecule has 12 aliphatic carbocycles. The molecule has 0 N–H and O–H groups in total. The van der Waals surface area contributed by atoms with Crippen molar-refractivity contribution < 1.29 is 9.15 Å². The Kier molecular flexibility index (Phi) is 4.95. The Morgan fingerprint density at radius 3 is 0.985 bits per heavy atom. The van der Waals surface area contributed by atoms with Crippen LogP contribution in [-0.2, 0) is 5.91 Å². The van der Waals surface area contributed by atoms with Crippen LogP contribution in [0, 0.1) is 0 Å². The molecule has 1 spiro atoms. The molecule has 8 bridgehead atoms. The summed E-state index contributed by atoms with van der Waals surface area (Å²) in [5.74, 6) is 3.36. The quantitative estimate of drug-likeness (QED) is 0.107. The largest absolute Gasteiger partial charge is 0.553 e. The zero-order valence-corrected chi connectivity index (χ0v) is 36.1. The first-order valence-electron chi connectivity index (χ1n) is 25.2. The van der Waals surface area contributed by atoms with Crippen LogP contribution in [0.1, 0.15) is 177 Å². The van der Waals surface area contributed by atoms with Crippen LogP contribution in [0.2, 0.25) is 0 Å². The lowest BCUT2D eigenvalue weighted by atomic mass is 9.70. The molecular weight excluding hydrogens is 789 g/mol. The average Bonchev–Trinajstić information content (AvgIpc) is 4.07. The topological polar surface area (TPSA) is 15.9 Å². The lowest BCUT2D eigenvalue weighted by Crippen LogP contribution is -2.69. The van der Waals surface area contributed by atoms with Crippen molar-refractivity contribution in [3.05, 3.63) is 186 Å². The molecule has 0 amide bonds. The number of aromatic nitrogens is 2. The number of fused-ring (bicyclic) bond motifs is 16. The van der Waals surface area contributed by atoms with Crippen LogP contribution in [0.25, 0.3) is 57.2 Å². The van der Waals surface area contributed by atoms with Gasteiger partial charge in [-0.2, -0.15) is 9.13 Å². The molecule has 65 heavy (non-hydrogen) atoms. The van der Waals surface area contributed by atoms with Crippen LogP contribution in [0.4, 0.5) is 0 Å². The summed E-state index contributed by atoms with van der Waals surface area (Å²) in [4.78, 5) is 0. The molecule has 4 nitrogen and oxygen atoms in total. The van der Waals surface area contributed by atoms with Crippen molar-refractivity contribution in [2.45, 2.75) is 105 Å². The van der Waals surface area contributed by atoms with Gasteiger partial charge in [0.1, 0.15) is 0 Å². The number of hydrogen-bond donors (Lipinski definition) is 0. The predicted molar refractivity (Wildman–Crippen MR) is 258 cm³/mol. The number of benzene rings is 4. The van der Waals surface area contributed by atoms with Crippen molar-refractivity contribution in [1.29, 1.82) is 0 Å². The van der Waals surface area contributed by atoms with E-state index in [2.05, 4.69) is 140 Å². The molecule has 0 saturated carbocycles. The van der Waals surface area contributed by atoms with Crippen molar-refractivity contribution in [2.24, 2.45) is 0 Å². The summed E-state index contributed by atoms with van der Waals surface area (Å²) in [6.45, 7) is 0. The lowest BCUT2D eigenvalue weighted by molar-refractivity contribution is -0.805.